The maximum absolute atomic E-state index is 15.7. The van der Waals surface area contributed by atoms with Crippen molar-refractivity contribution in [3.8, 4) is 22.3 Å². The number of nitrogens with one attached hydrogen (secondary N) is 4. The monoisotopic (exact) mass is 1030 g/mol. The fourth-order valence-electron chi connectivity index (χ4n) is 11.6. The van der Waals surface area contributed by atoms with Crippen LogP contribution >= 0.6 is 0 Å². The van der Waals surface area contributed by atoms with E-state index in [1.807, 2.05) is 48.5 Å². The second-order valence-corrected chi connectivity index (χ2v) is 21.2. The molecule has 0 amide bonds. The highest BCUT2D eigenvalue weighted by atomic mass is 19.1. The summed E-state index contributed by atoms with van der Waals surface area (Å²) in [7, 11) is 0. The molecule has 14 heterocycles. The van der Waals surface area contributed by atoms with Gasteiger partial charge in [-0.05, 0) is 113 Å². The normalized spacial score (nSPS) is 25.0. The Morgan fingerprint density at radius 1 is 0.500 bits per heavy atom. The van der Waals surface area contributed by atoms with Gasteiger partial charge >= 0.3 is 0 Å². The van der Waals surface area contributed by atoms with Crippen molar-refractivity contribution < 1.29 is 18.4 Å². The number of benzene rings is 2. The van der Waals surface area contributed by atoms with Crippen molar-refractivity contribution in [1.29, 1.82) is 0 Å². The topological polar surface area (TPSA) is 173 Å². The van der Waals surface area contributed by atoms with Crippen molar-refractivity contribution in [3.05, 3.63) is 121 Å². The van der Waals surface area contributed by atoms with E-state index < -0.39 is 0 Å². The predicted octanol–water partition coefficient (Wildman–Crippen LogP) is 9.59. The Morgan fingerprint density at radius 2 is 0.895 bits per heavy atom. The Kier molecular flexibility index (Phi) is 15.1. The third-order valence-corrected chi connectivity index (χ3v) is 16.6. The fourth-order valence-corrected chi connectivity index (χ4v) is 11.6. The van der Waals surface area contributed by atoms with Crippen LogP contribution in [0, 0.1) is 11.6 Å². The molecule has 18 rings (SSSR count). The lowest BCUT2D eigenvalue weighted by atomic mass is 10.0. The van der Waals surface area contributed by atoms with Crippen LogP contribution < -0.4 is 21.3 Å². The maximum atomic E-state index is 15.7. The van der Waals surface area contributed by atoms with Crippen molar-refractivity contribution in [1.82, 2.24) is 49.5 Å². The summed E-state index contributed by atoms with van der Waals surface area (Å²) >= 11 is 0. The van der Waals surface area contributed by atoms with Gasteiger partial charge in [0.25, 0.3) is 0 Å². The van der Waals surface area contributed by atoms with Crippen molar-refractivity contribution >= 4 is 46.5 Å². The SMILES string of the molecule is CC1c2cccc(c2F)Nc2cc(ccn2)-c2cnc(nc2)NCCCCC(=O)C2(CC2)N2CCN1CC2.CC1c2cccc(c2F)Nc2cc(ccn2)-c2cnc(nc2)NCCCCC(=O)C2(CC2)N2CCN1CC2. The van der Waals surface area contributed by atoms with Gasteiger partial charge in [0.1, 0.15) is 11.6 Å². The fraction of sp³-hybridized carbons (Fsp3) is 0.448. The molecule has 2 aromatic carbocycles. The van der Waals surface area contributed by atoms with Gasteiger partial charge in [0, 0.05) is 150 Å². The number of piperazine rings is 2. The highest BCUT2D eigenvalue weighted by molar-refractivity contribution is 5.92. The van der Waals surface area contributed by atoms with E-state index in [1.165, 1.54) is 0 Å². The summed E-state index contributed by atoms with van der Waals surface area (Å²) in [6, 6.07) is 18.4. The van der Waals surface area contributed by atoms with Crippen LogP contribution in [0.5, 0.6) is 0 Å². The average molecular weight is 1030 g/mol. The summed E-state index contributed by atoms with van der Waals surface area (Å²) in [4.78, 5) is 62.4. The van der Waals surface area contributed by atoms with Crippen LogP contribution in [0.2, 0.25) is 0 Å². The molecule has 10 aliphatic heterocycles. The first kappa shape index (κ1) is 51.3. The number of ketones is 2. The third-order valence-electron chi connectivity index (χ3n) is 16.6. The van der Waals surface area contributed by atoms with Gasteiger partial charge in [-0.3, -0.25) is 29.2 Å². The number of carbonyl (C=O) groups is 2. The van der Waals surface area contributed by atoms with E-state index in [2.05, 4.69) is 84.6 Å². The summed E-state index contributed by atoms with van der Waals surface area (Å²) in [6.45, 7) is 12.2. The number of hydrogen-bond donors (Lipinski definition) is 4. The minimum absolute atomic E-state index is 0.0752. The van der Waals surface area contributed by atoms with Gasteiger partial charge in [0.2, 0.25) is 11.9 Å². The van der Waals surface area contributed by atoms with Gasteiger partial charge in [-0.2, -0.15) is 0 Å². The molecule has 16 nitrogen and oxygen atoms in total. The van der Waals surface area contributed by atoms with E-state index in [0.717, 1.165) is 139 Å². The van der Waals surface area contributed by atoms with Crippen LogP contribution in [0.1, 0.15) is 101 Å². The van der Waals surface area contributed by atoms with E-state index in [0.29, 0.717) is 70.4 Å². The van der Waals surface area contributed by atoms with E-state index in [9.17, 15) is 9.59 Å². The van der Waals surface area contributed by atoms with Crippen molar-refractivity contribution in [2.24, 2.45) is 0 Å². The number of pyridine rings is 2. The Balaban J connectivity index is 0.000000162. The molecule has 4 aromatic heterocycles. The molecular weight excluding hydrogens is 963 g/mol. The Bertz CT molecular complexity index is 2810. The summed E-state index contributed by atoms with van der Waals surface area (Å²) in [5.74, 6) is 2.46. The van der Waals surface area contributed by atoms with Gasteiger partial charge in [-0.25, -0.2) is 38.7 Å². The zero-order valence-electron chi connectivity index (χ0n) is 43.6. The van der Waals surface area contributed by atoms with E-state index in [4.69, 9.17) is 0 Å². The molecule has 396 valence electrons. The van der Waals surface area contributed by atoms with Crippen molar-refractivity contribution in [3.63, 3.8) is 0 Å². The largest absolute Gasteiger partial charge is 0.354 e. The zero-order valence-corrected chi connectivity index (χ0v) is 43.6. The van der Waals surface area contributed by atoms with Gasteiger partial charge in [0.05, 0.1) is 22.5 Å². The van der Waals surface area contributed by atoms with Gasteiger partial charge in [-0.1, -0.05) is 24.3 Å². The van der Waals surface area contributed by atoms with Crippen molar-refractivity contribution in [2.75, 3.05) is 86.7 Å². The van der Waals surface area contributed by atoms with Crippen LogP contribution in [0.25, 0.3) is 22.3 Å². The lowest BCUT2D eigenvalue weighted by Gasteiger charge is -2.41. The van der Waals surface area contributed by atoms with Crippen molar-refractivity contribution in [2.45, 2.75) is 101 Å². The number of carbonyl (C=O) groups excluding carboxylic acids is 2. The molecule has 2 aliphatic carbocycles. The summed E-state index contributed by atoms with van der Waals surface area (Å²) in [5.41, 5.74) is 5.05. The molecule has 2 unspecified atom stereocenters. The highest BCUT2D eigenvalue weighted by Crippen LogP contribution is 2.46. The molecule has 2 saturated heterocycles. The van der Waals surface area contributed by atoms with E-state index >= 15 is 8.78 Å². The average Bonchev–Trinajstić information content (AvgIpc) is 4.42. The standard InChI is InChI=1S/2C29H34FN7O/c2*1-20-23-5-4-6-24(27(23)30)35-26-17-21(8-12-31-26)22-18-33-28(34-19-22)32-11-3-2-7-25(38)29(9-10-29)37-15-13-36(20)14-16-37/h2*4-6,8,12,17-20H,2-3,7,9-11,13-16H2,1H3,(H,31,35)(H,32,33,34). The Hall–Kier alpha value is -6.86. The lowest BCUT2D eigenvalue weighted by Crippen LogP contribution is -2.54. The van der Waals surface area contributed by atoms with Crippen LogP contribution in [0.4, 0.5) is 43.7 Å². The van der Waals surface area contributed by atoms with Gasteiger partial charge in [-0.15, -0.1) is 0 Å². The molecule has 12 aliphatic rings. The number of hydrogen-bond acceptors (Lipinski definition) is 16. The van der Waals surface area contributed by atoms with E-state index in [1.54, 1.807) is 49.3 Å². The molecule has 16 bridgehead atoms. The predicted molar refractivity (Wildman–Crippen MR) is 292 cm³/mol. The first-order valence-electron chi connectivity index (χ1n) is 27.3. The van der Waals surface area contributed by atoms with Gasteiger partial charge in [0.15, 0.2) is 23.2 Å². The van der Waals surface area contributed by atoms with E-state index in [-0.39, 0.29) is 34.8 Å². The molecule has 4 fully saturated rings. The number of aromatic nitrogens is 6. The lowest BCUT2D eigenvalue weighted by molar-refractivity contribution is -0.127. The van der Waals surface area contributed by atoms with Crippen LogP contribution in [-0.4, -0.2) is 138 Å². The quantitative estimate of drug-likeness (QED) is 0.113. The first-order valence-corrected chi connectivity index (χ1v) is 27.3. The molecule has 2 spiro atoms. The summed E-state index contributed by atoms with van der Waals surface area (Å²) in [5, 5.41) is 12.9. The number of Topliss-reactive ketones (excluding diaryl/α,β-unsaturated/α-hetero) is 2. The minimum Gasteiger partial charge on any atom is -0.354 e. The van der Waals surface area contributed by atoms with Crippen LogP contribution in [0.3, 0.4) is 0 Å². The molecular formula is C58H68F2N14O2. The smallest absolute Gasteiger partial charge is 0.222 e. The number of anilines is 6. The number of nitrogens with zero attached hydrogens (tertiary/aromatic N) is 10. The number of rotatable bonds is 0. The molecule has 0 radical (unpaired) electrons. The highest BCUT2D eigenvalue weighted by Gasteiger charge is 2.55. The second-order valence-electron chi connectivity index (χ2n) is 21.2. The molecule has 2 saturated carbocycles. The molecule has 6 aromatic rings. The Morgan fingerprint density at radius 3 is 1.28 bits per heavy atom. The second kappa shape index (κ2) is 22.4. The first-order chi connectivity index (χ1) is 37.1. The number of halogens is 2. The maximum Gasteiger partial charge on any atom is 0.222 e. The summed E-state index contributed by atoms with van der Waals surface area (Å²) < 4.78 is 31.5. The molecule has 76 heavy (non-hydrogen) atoms. The summed E-state index contributed by atoms with van der Waals surface area (Å²) in [6.07, 6.45) is 19.0. The molecule has 18 heteroatoms. The zero-order chi connectivity index (χ0) is 52.2. The van der Waals surface area contributed by atoms with Crippen LogP contribution in [0.15, 0.2) is 97.8 Å². The third kappa shape index (κ3) is 11.0. The molecule has 4 N–H and O–H groups in total. The van der Waals surface area contributed by atoms with Crippen LogP contribution in [-0.2, 0) is 9.59 Å². The molecule has 2 atom stereocenters. The Labute approximate surface area is 443 Å². The minimum atomic E-state index is -0.271. The van der Waals surface area contributed by atoms with Gasteiger partial charge < -0.3 is 21.3 Å².